The molecule has 4 N–H and O–H groups in total. The largest absolute Gasteiger partial charge is 0.355 e. The first-order valence-electron chi connectivity index (χ1n) is 8.76. The van der Waals surface area contributed by atoms with Crippen LogP contribution >= 0.6 is 21.6 Å². The first-order chi connectivity index (χ1) is 11.6. The summed E-state index contributed by atoms with van der Waals surface area (Å²) in [6.45, 7) is 5.87. The van der Waals surface area contributed by atoms with Gasteiger partial charge in [-0.2, -0.15) is 0 Å². The van der Waals surface area contributed by atoms with E-state index in [4.69, 9.17) is 5.73 Å². The highest BCUT2D eigenvalue weighted by molar-refractivity contribution is 8.76. The van der Waals surface area contributed by atoms with Crippen molar-refractivity contribution in [1.82, 2.24) is 15.5 Å². The van der Waals surface area contributed by atoms with E-state index < -0.39 is 0 Å². The average molecular weight is 379 g/mol. The van der Waals surface area contributed by atoms with Crippen molar-refractivity contribution in [2.24, 2.45) is 5.73 Å². The summed E-state index contributed by atoms with van der Waals surface area (Å²) in [5.74, 6) is 2.01. The van der Waals surface area contributed by atoms with Gasteiger partial charge in [-0.15, -0.1) is 0 Å². The number of unbranched alkanes of at least 4 members (excludes halogenated alkanes) is 1. The van der Waals surface area contributed by atoms with E-state index in [0.29, 0.717) is 32.5 Å². The van der Waals surface area contributed by atoms with E-state index in [-0.39, 0.29) is 11.8 Å². The number of hydrogen-bond donors (Lipinski definition) is 3. The molecule has 0 radical (unpaired) electrons. The van der Waals surface area contributed by atoms with Crippen molar-refractivity contribution in [2.45, 2.75) is 39.0 Å². The van der Waals surface area contributed by atoms with Gasteiger partial charge in [0.2, 0.25) is 11.8 Å². The van der Waals surface area contributed by atoms with Crippen LogP contribution in [0.5, 0.6) is 0 Å². The van der Waals surface area contributed by atoms with E-state index in [9.17, 15) is 9.59 Å². The van der Waals surface area contributed by atoms with Crippen molar-refractivity contribution in [3.05, 3.63) is 0 Å². The Bertz CT molecular complexity index is 333. The molecule has 0 aromatic carbocycles. The van der Waals surface area contributed by atoms with Gasteiger partial charge in [-0.25, -0.2) is 0 Å². The topological polar surface area (TPSA) is 87.5 Å². The maximum atomic E-state index is 11.7. The molecule has 8 heteroatoms. The predicted octanol–water partition coefficient (Wildman–Crippen LogP) is 1.46. The molecule has 0 bridgehead atoms. The summed E-state index contributed by atoms with van der Waals surface area (Å²) in [6, 6.07) is 0. The van der Waals surface area contributed by atoms with Crippen LogP contribution in [0.1, 0.15) is 39.0 Å². The van der Waals surface area contributed by atoms with Crippen molar-refractivity contribution in [3.8, 4) is 0 Å². The van der Waals surface area contributed by atoms with Crippen LogP contribution in [-0.2, 0) is 9.59 Å². The lowest BCUT2D eigenvalue weighted by Gasteiger charge is -2.15. The minimum absolute atomic E-state index is 0.100. The molecule has 0 aliphatic carbocycles. The van der Waals surface area contributed by atoms with Gasteiger partial charge >= 0.3 is 0 Å². The van der Waals surface area contributed by atoms with E-state index in [2.05, 4.69) is 22.5 Å². The number of nitrogens with zero attached hydrogens (tertiary/aromatic N) is 1. The first kappa shape index (κ1) is 23.6. The molecule has 0 spiro atoms. The number of nitrogens with two attached hydrogens (primary N) is 1. The summed E-state index contributed by atoms with van der Waals surface area (Å²) in [5, 5.41) is 5.85. The molecule has 0 heterocycles. The average Bonchev–Trinajstić information content (AvgIpc) is 2.58. The smallest absolute Gasteiger partial charge is 0.221 e. The Hall–Kier alpha value is -0.440. The third-order valence-corrected chi connectivity index (χ3v) is 5.73. The number of carbonyl (C=O) groups excluding carboxylic acids is 2. The van der Waals surface area contributed by atoms with E-state index in [1.54, 1.807) is 21.6 Å². The van der Waals surface area contributed by atoms with Crippen molar-refractivity contribution in [2.75, 3.05) is 51.3 Å². The quantitative estimate of drug-likeness (QED) is 0.278. The molecule has 0 rings (SSSR count). The Kier molecular flexibility index (Phi) is 17.1. The molecule has 6 nitrogen and oxygen atoms in total. The van der Waals surface area contributed by atoms with Crippen molar-refractivity contribution < 1.29 is 9.59 Å². The fourth-order valence-corrected chi connectivity index (χ4v) is 3.68. The van der Waals surface area contributed by atoms with Gasteiger partial charge in [0.05, 0.1) is 0 Å². The second-order valence-electron chi connectivity index (χ2n) is 5.64. The van der Waals surface area contributed by atoms with Crippen LogP contribution < -0.4 is 16.4 Å². The zero-order valence-corrected chi connectivity index (χ0v) is 16.8. The van der Waals surface area contributed by atoms with Gasteiger partial charge in [0.15, 0.2) is 0 Å². The van der Waals surface area contributed by atoms with Crippen molar-refractivity contribution in [3.63, 3.8) is 0 Å². The second-order valence-corrected chi connectivity index (χ2v) is 8.35. The number of rotatable bonds is 16. The van der Waals surface area contributed by atoms with Gasteiger partial charge in [-0.3, -0.25) is 9.59 Å². The molecule has 0 saturated carbocycles. The van der Waals surface area contributed by atoms with Crippen molar-refractivity contribution in [1.29, 1.82) is 0 Å². The number of hydrogen-bond acceptors (Lipinski definition) is 6. The molecular weight excluding hydrogens is 344 g/mol. The van der Waals surface area contributed by atoms with Gasteiger partial charge in [0.25, 0.3) is 0 Å². The zero-order chi connectivity index (χ0) is 18.0. The Morgan fingerprint density at radius 1 is 0.958 bits per heavy atom. The molecule has 0 atom stereocenters. The number of carbonyl (C=O) groups is 2. The summed E-state index contributed by atoms with van der Waals surface area (Å²) < 4.78 is 0. The number of amides is 2. The highest BCUT2D eigenvalue weighted by Gasteiger charge is 2.04. The summed E-state index contributed by atoms with van der Waals surface area (Å²) in [6.07, 6.45) is 4.12. The van der Waals surface area contributed by atoms with Crippen LogP contribution in [-0.4, -0.2) is 68.0 Å². The van der Waals surface area contributed by atoms with Crippen LogP contribution in [0.4, 0.5) is 0 Å². The molecule has 2 amide bonds. The molecule has 142 valence electrons. The highest BCUT2D eigenvalue weighted by atomic mass is 33.1. The maximum absolute atomic E-state index is 11.7. The lowest BCUT2D eigenvalue weighted by atomic mass is 10.2. The van der Waals surface area contributed by atoms with Gasteiger partial charge < -0.3 is 21.3 Å². The molecule has 0 aromatic heterocycles. The Morgan fingerprint density at radius 3 is 2.08 bits per heavy atom. The van der Waals surface area contributed by atoms with Crippen LogP contribution in [0.25, 0.3) is 0 Å². The van der Waals surface area contributed by atoms with Gasteiger partial charge in [-0.05, 0) is 33.0 Å². The summed E-state index contributed by atoms with van der Waals surface area (Å²) >= 11 is 0. The molecule has 24 heavy (non-hydrogen) atoms. The van der Waals surface area contributed by atoms with E-state index in [1.807, 2.05) is 7.05 Å². The van der Waals surface area contributed by atoms with Gasteiger partial charge in [0.1, 0.15) is 0 Å². The minimum Gasteiger partial charge on any atom is -0.355 e. The molecule has 0 aliphatic rings. The van der Waals surface area contributed by atoms with E-state index in [0.717, 1.165) is 43.9 Å². The Morgan fingerprint density at radius 2 is 1.54 bits per heavy atom. The van der Waals surface area contributed by atoms with Gasteiger partial charge in [0, 0.05) is 44.0 Å². The zero-order valence-electron chi connectivity index (χ0n) is 15.1. The summed E-state index contributed by atoms with van der Waals surface area (Å²) in [4.78, 5) is 25.2. The first-order valence-corrected chi connectivity index (χ1v) is 11.2. The molecule has 0 saturated heterocycles. The second kappa shape index (κ2) is 17.4. The van der Waals surface area contributed by atoms with Crippen LogP contribution in [0.2, 0.25) is 0 Å². The Balaban J connectivity index is 3.34. The monoisotopic (exact) mass is 378 g/mol. The standard InChI is InChI=1S/C16H34N4O2S2/c1-3-4-6-15(21)18-9-13-23-24-14-10-19-16(22)7-12-20(2)11-5-8-17/h3-14,17H2,1-2H3,(H,18,21)(H,19,22). The minimum atomic E-state index is 0.100. The lowest BCUT2D eigenvalue weighted by Crippen LogP contribution is -2.31. The Labute approximate surface area is 154 Å². The normalized spacial score (nSPS) is 10.8. The third kappa shape index (κ3) is 16.4. The fourth-order valence-electron chi connectivity index (χ4n) is 1.86. The molecule has 0 aromatic rings. The molecule has 0 fully saturated rings. The van der Waals surface area contributed by atoms with Crippen LogP contribution in [0.3, 0.4) is 0 Å². The van der Waals surface area contributed by atoms with Crippen LogP contribution in [0, 0.1) is 0 Å². The highest BCUT2D eigenvalue weighted by Crippen LogP contribution is 2.19. The lowest BCUT2D eigenvalue weighted by molar-refractivity contribution is -0.122. The fraction of sp³-hybridized carbons (Fsp3) is 0.875. The predicted molar refractivity (Wildman–Crippen MR) is 106 cm³/mol. The molecule has 0 aliphatic heterocycles. The summed E-state index contributed by atoms with van der Waals surface area (Å²) in [5.41, 5.74) is 5.46. The number of nitrogens with one attached hydrogen (secondary N) is 2. The molecule has 0 unspecified atom stereocenters. The molecular formula is C16H34N4O2S2. The van der Waals surface area contributed by atoms with Crippen molar-refractivity contribution >= 4 is 33.4 Å². The SMILES string of the molecule is CCCCC(=O)NCCSSCCNC(=O)CCN(C)CCCN. The summed E-state index contributed by atoms with van der Waals surface area (Å²) in [7, 11) is 5.47. The third-order valence-electron chi connectivity index (χ3n) is 3.32. The van der Waals surface area contributed by atoms with Crippen LogP contribution in [0.15, 0.2) is 0 Å². The van der Waals surface area contributed by atoms with Gasteiger partial charge in [-0.1, -0.05) is 34.9 Å². The van der Waals surface area contributed by atoms with E-state index in [1.165, 1.54) is 0 Å². The van der Waals surface area contributed by atoms with E-state index >= 15 is 0 Å². The maximum Gasteiger partial charge on any atom is 0.221 e.